The molecule has 0 aromatic carbocycles. The molecule has 1 aliphatic rings. The Morgan fingerprint density at radius 1 is 1.54 bits per heavy atom. The molecule has 26 heavy (non-hydrogen) atoms. The van der Waals surface area contributed by atoms with Crippen molar-refractivity contribution in [2.45, 2.75) is 51.8 Å². The molecule has 2 N–H and O–H groups in total. The zero-order valence-electron chi connectivity index (χ0n) is 15.5. The number of aliphatic imine (C=N–C) groups is 1. The number of aryl methyl sites for hydroxylation is 1. The molecule has 1 saturated heterocycles. The van der Waals surface area contributed by atoms with E-state index in [4.69, 9.17) is 9.73 Å². The number of aromatic nitrogens is 3. The van der Waals surface area contributed by atoms with Crippen LogP contribution in [0.15, 0.2) is 28.8 Å². The van der Waals surface area contributed by atoms with Crippen molar-refractivity contribution in [2.24, 2.45) is 4.99 Å². The first kappa shape index (κ1) is 18.8. The Kier molecular flexibility index (Phi) is 7.02. The molecule has 0 radical (unpaired) electrons. The van der Waals surface area contributed by atoms with E-state index >= 15 is 0 Å². The molecule has 1 aliphatic heterocycles. The molecule has 3 heterocycles. The lowest BCUT2D eigenvalue weighted by Crippen LogP contribution is -2.40. The van der Waals surface area contributed by atoms with Crippen LogP contribution in [0.2, 0.25) is 0 Å². The van der Waals surface area contributed by atoms with Crippen molar-refractivity contribution in [1.29, 1.82) is 0 Å². The van der Waals surface area contributed by atoms with Gasteiger partial charge in [0, 0.05) is 31.0 Å². The van der Waals surface area contributed by atoms with E-state index in [0.717, 1.165) is 50.7 Å². The third kappa shape index (κ3) is 5.28. The standard InChI is InChI=1S/C18H28N6OS/c1-3-17-23-21-13-24(17)9-8-19-18(20-12-15-6-4-10-25-15)22-14(2)16-7-5-11-26-16/h5,7,11,13-15H,3-4,6,8-10,12H2,1-2H3,(H2,19,20,22). The minimum absolute atomic E-state index is 0.215. The van der Waals surface area contributed by atoms with Crippen LogP contribution in [0.3, 0.4) is 0 Å². The van der Waals surface area contributed by atoms with Gasteiger partial charge in [0.2, 0.25) is 0 Å². The Labute approximate surface area is 158 Å². The molecule has 0 aliphatic carbocycles. The van der Waals surface area contributed by atoms with E-state index in [1.54, 1.807) is 17.7 Å². The molecule has 8 heteroatoms. The summed E-state index contributed by atoms with van der Waals surface area (Å²) < 4.78 is 7.77. The molecule has 2 aromatic rings. The highest BCUT2D eigenvalue weighted by molar-refractivity contribution is 7.10. The van der Waals surface area contributed by atoms with Gasteiger partial charge in [0.15, 0.2) is 5.96 Å². The van der Waals surface area contributed by atoms with Gasteiger partial charge in [-0.3, -0.25) is 4.99 Å². The number of hydrogen-bond acceptors (Lipinski definition) is 5. The van der Waals surface area contributed by atoms with Gasteiger partial charge in [-0.2, -0.15) is 0 Å². The van der Waals surface area contributed by atoms with Crippen molar-refractivity contribution in [3.8, 4) is 0 Å². The van der Waals surface area contributed by atoms with E-state index < -0.39 is 0 Å². The number of thiophene rings is 1. The Morgan fingerprint density at radius 3 is 3.19 bits per heavy atom. The largest absolute Gasteiger partial charge is 0.376 e. The zero-order valence-corrected chi connectivity index (χ0v) is 16.3. The summed E-state index contributed by atoms with van der Waals surface area (Å²) in [6.45, 7) is 7.37. The van der Waals surface area contributed by atoms with E-state index in [1.165, 1.54) is 4.88 Å². The van der Waals surface area contributed by atoms with E-state index in [2.05, 4.69) is 56.8 Å². The van der Waals surface area contributed by atoms with Gasteiger partial charge in [-0.15, -0.1) is 21.5 Å². The van der Waals surface area contributed by atoms with Crippen LogP contribution in [-0.2, 0) is 17.7 Å². The highest BCUT2D eigenvalue weighted by Gasteiger charge is 2.16. The normalized spacial score (nSPS) is 18.8. The van der Waals surface area contributed by atoms with E-state index in [0.29, 0.717) is 6.54 Å². The fourth-order valence-corrected chi connectivity index (χ4v) is 3.72. The van der Waals surface area contributed by atoms with Gasteiger partial charge in [0.05, 0.1) is 18.7 Å². The Balaban J connectivity index is 1.57. The van der Waals surface area contributed by atoms with Crippen LogP contribution in [0.25, 0.3) is 0 Å². The highest BCUT2D eigenvalue weighted by atomic mass is 32.1. The molecule has 0 amide bonds. The highest BCUT2D eigenvalue weighted by Crippen LogP contribution is 2.18. The van der Waals surface area contributed by atoms with E-state index in [-0.39, 0.29) is 12.1 Å². The number of ether oxygens (including phenoxy) is 1. The van der Waals surface area contributed by atoms with Crippen molar-refractivity contribution >= 4 is 17.3 Å². The summed E-state index contributed by atoms with van der Waals surface area (Å²) in [7, 11) is 0. The van der Waals surface area contributed by atoms with E-state index in [1.807, 2.05) is 0 Å². The number of guanidine groups is 1. The number of hydrogen-bond donors (Lipinski definition) is 2. The molecule has 0 saturated carbocycles. The van der Waals surface area contributed by atoms with Crippen molar-refractivity contribution in [3.63, 3.8) is 0 Å². The SMILES string of the molecule is CCc1nncn1CCNC(=NCC1CCCO1)NC(C)c1cccs1. The first-order valence-electron chi connectivity index (χ1n) is 9.32. The van der Waals surface area contributed by atoms with E-state index in [9.17, 15) is 0 Å². The van der Waals surface area contributed by atoms with Crippen LogP contribution in [0.5, 0.6) is 0 Å². The van der Waals surface area contributed by atoms with Gasteiger partial charge in [0.25, 0.3) is 0 Å². The Hall–Kier alpha value is -1.93. The van der Waals surface area contributed by atoms with Gasteiger partial charge in [-0.1, -0.05) is 13.0 Å². The lowest BCUT2D eigenvalue weighted by atomic mass is 10.2. The molecular weight excluding hydrogens is 348 g/mol. The summed E-state index contributed by atoms with van der Waals surface area (Å²) in [6.07, 6.45) is 5.14. The number of nitrogens with one attached hydrogen (secondary N) is 2. The van der Waals surface area contributed by atoms with Crippen LogP contribution < -0.4 is 10.6 Å². The third-order valence-electron chi connectivity index (χ3n) is 4.46. The van der Waals surface area contributed by atoms with Gasteiger partial charge in [-0.25, -0.2) is 0 Å². The maximum Gasteiger partial charge on any atom is 0.191 e. The fraction of sp³-hybridized carbons (Fsp3) is 0.611. The lowest BCUT2D eigenvalue weighted by molar-refractivity contribution is 0.117. The van der Waals surface area contributed by atoms with Crippen molar-refractivity contribution in [2.75, 3.05) is 19.7 Å². The quantitative estimate of drug-likeness (QED) is 0.546. The first-order valence-corrected chi connectivity index (χ1v) is 10.2. The Bertz CT molecular complexity index is 678. The monoisotopic (exact) mass is 376 g/mol. The second-order valence-electron chi connectivity index (χ2n) is 6.43. The minimum atomic E-state index is 0.215. The molecule has 3 rings (SSSR count). The average molecular weight is 377 g/mol. The fourth-order valence-electron chi connectivity index (χ4n) is 2.98. The molecule has 2 aromatic heterocycles. The summed E-state index contributed by atoms with van der Waals surface area (Å²) in [5.74, 6) is 1.83. The van der Waals surface area contributed by atoms with Crippen LogP contribution in [0, 0.1) is 0 Å². The number of nitrogens with zero attached hydrogens (tertiary/aromatic N) is 4. The van der Waals surface area contributed by atoms with Crippen molar-refractivity contribution in [1.82, 2.24) is 25.4 Å². The average Bonchev–Trinajstić information content (AvgIpc) is 3.41. The van der Waals surface area contributed by atoms with Gasteiger partial charge in [0.1, 0.15) is 12.2 Å². The van der Waals surface area contributed by atoms with Gasteiger partial charge >= 0.3 is 0 Å². The van der Waals surface area contributed by atoms with Crippen LogP contribution in [0.4, 0.5) is 0 Å². The Morgan fingerprint density at radius 2 is 2.46 bits per heavy atom. The van der Waals surface area contributed by atoms with Gasteiger partial charge < -0.3 is 19.9 Å². The molecule has 1 fully saturated rings. The molecule has 0 bridgehead atoms. The van der Waals surface area contributed by atoms with Crippen molar-refractivity contribution < 1.29 is 4.74 Å². The molecule has 2 unspecified atom stereocenters. The number of rotatable bonds is 8. The second kappa shape index (κ2) is 9.68. The zero-order chi connectivity index (χ0) is 18.2. The van der Waals surface area contributed by atoms with Crippen LogP contribution in [-0.4, -0.2) is 46.5 Å². The lowest BCUT2D eigenvalue weighted by Gasteiger charge is -2.18. The topological polar surface area (TPSA) is 76.4 Å². The third-order valence-corrected chi connectivity index (χ3v) is 5.51. The predicted molar refractivity (Wildman–Crippen MR) is 105 cm³/mol. The van der Waals surface area contributed by atoms with Crippen LogP contribution >= 0.6 is 11.3 Å². The maximum absolute atomic E-state index is 5.69. The summed E-state index contributed by atoms with van der Waals surface area (Å²) in [5, 5.41) is 17.2. The summed E-state index contributed by atoms with van der Waals surface area (Å²) in [4.78, 5) is 6.05. The van der Waals surface area contributed by atoms with Gasteiger partial charge in [-0.05, 0) is 31.2 Å². The minimum Gasteiger partial charge on any atom is -0.376 e. The molecule has 0 spiro atoms. The second-order valence-corrected chi connectivity index (χ2v) is 7.41. The molecule has 142 valence electrons. The van der Waals surface area contributed by atoms with Crippen molar-refractivity contribution in [3.05, 3.63) is 34.5 Å². The molecular formula is C18H28N6OS. The maximum atomic E-state index is 5.69. The van der Waals surface area contributed by atoms with Crippen LogP contribution in [0.1, 0.15) is 43.4 Å². The molecule has 2 atom stereocenters. The summed E-state index contributed by atoms with van der Waals surface area (Å²) in [6, 6.07) is 4.43. The smallest absolute Gasteiger partial charge is 0.191 e. The summed E-state index contributed by atoms with van der Waals surface area (Å²) in [5.41, 5.74) is 0. The summed E-state index contributed by atoms with van der Waals surface area (Å²) >= 11 is 1.75. The predicted octanol–water partition coefficient (Wildman–Crippen LogP) is 2.38. The first-order chi connectivity index (χ1) is 12.8. The molecule has 7 nitrogen and oxygen atoms in total.